The third-order valence-electron chi connectivity index (χ3n) is 7.32. The van der Waals surface area contributed by atoms with Crippen LogP contribution in [0.1, 0.15) is 61.6 Å². The summed E-state index contributed by atoms with van der Waals surface area (Å²) in [5.41, 5.74) is 3.39. The number of hydrogen-bond acceptors (Lipinski definition) is 4. The molecule has 0 unspecified atom stereocenters. The average Bonchev–Trinajstić information content (AvgIpc) is 2.87. The van der Waals surface area contributed by atoms with Crippen LogP contribution in [-0.4, -0.2) is 25.8 Å². The summed E-state index contributed by atoms with van der Waals surface area (Å²) in [4.78, 5) is 0. The lowest BCUT2D eigenvalue weighted by atomic mass is 9.55. The predicted molar refractivity (Wildman–Crippen MR) is 94.2 cm³/mol. The van der Waals surface area contributed by atoms with Crippen molar-refractivity contribution in [3.8, 4) is 5.75 Å². The zero-order valence-electron chi connectivity index (χ0n) is 14.3. The Labute approximate surface area is 148 Å². The number of aliphatic hydroxyl groups excluding tert-OH is 1. The maximum Gasteiger partial charge on any atom is 0.428 e. The fourth-order valence-corrected chi connectivity index (χ4v) is 6.68. The van der Waals surface area contributed by atoms with Crippen molar-refractivity contribution in [1.29, 1.82) is 0 Å². The Kier molecular flexibility index (Phi) is 3.21. The Hall–Kier alpha value is -1.40. The molecular weight excluding hydrogens is 338 g/mol. The van der Waals surface area contributed by atoms with E-state index in [1.165, 1.54) is 17.3 Å². The molecule has 0 spiro atoms. The molecule has 5 atom stereocenters. The first-order chi connectivity index (χ1) is 11.9. The van der Waals surface area contributed by atoms with Crippen molar-refractivity contribution in [2.45, 2.75) is 57.5 Å². The van der Waals surface area contributed by atoms with Gasteiger partial charge in [-0.15, -0.1) is 4.40 Å². The van der Waals surface area contributed by atoms with Crippen molar-refractivity contribution in [3.63, 3.8) is 0 Å². The molecule has 0 amide bonds. The van der Waals surface area contributed by atoms with E-state index < -0.39 is 10.3 Å². The van der Waals surface area contributed by atoms with E-state index in [9.17, 15) is 13.5 Å². The van der Waals surface area contributed by atoms with Gasteiger partial charge < -0.3 is 9.29 Å². The van der Waals surface area contributed by atoms with Gasteiger partial charge in [0.25, 0.3) is 0 Å². The van der Waals surface area contributed by atoms with Gasteiger partial charge in [-0.2, -0.15) is 8.42 Å². The van der Waals surface area contributed by atoms with E-state index in [4.69, 9.17) is 4.18 Å². The molecule has 1 heterocycles. The smallest absolute Gasteiger partial charge is 0.393 e. The molecule has 1 N–H and O–H groups in total. The Balaban J connectivity index is 1.55. The third kappa shape index (κ3) is 2.23. The minimum Gasteiger partial charge on any atom is -0.393 e. The van der Waals surface area contributed by atoms with E-state index in [0.29, 0.717) is 23.5 Å². The van der Waals surface area contributed by atoms with Crippen molar-refractivity contribution in [2.24, 2.45) is 21.6 Å². The zero-order chi connectivity index (χ0) is 17.4. The Morgan fingerprint density at radius 1 is 1.24 bits per heavy atom. The monoisotopic (exact) mass is 361 g/mol. The number of nitrogens with zero attached hydrogens (tertiary/aromatic N) is 1. The Morgan fingerprint density at radius 2 is 2.08 bits per heavy atom. The molecule has 1 aromatic rings. The number of rotatable bonds is 0. The quantitative estimate of drug-likeness (QED) is 0.771. The van der Waals surface area contributed by atoms with Crippen molar-refractivity contribution < 1.29 is 17.7 Å². The molecule has 4 aliphatic rings. The summed E-state index contributed by atoms with van der Waals surface area (Å²) in [7, 11) is -3.83. The summed E-state index contributed by atoms with van der Waals surface area (Å²) < 4.78 is 31.7. The summed E-state index contributed by atoms with van der Waals surface area (Å²) in [6.45, 7) is 2.28. The molecule has 5 nitrogen and oxygen atoms in total. The zero-order valence-corrected chi connectivity index (χ0v) is 15.1. The SMILES string of the molecule is C[C@]12CC[C@@H]3c4cc5c(cc4CC[C@H]3[C@@H]1CC[C@@H]2O)OS(=O)(=O)N=C5. The van der Waals surface area contributed by atoms with E-state index in [2.05, 4.69) is 17.4 Å². The normalized spacial score (nSPS) is 40.4. The molecule has 0 radical (unpaired) electrons. The summed E-state index contributed by atoms with van der Waals surface area (Å²) in [6, 6.07) is 3.99. The van der Waals surface area contributed by atoms with Crippen molar-refractivity contribution in [1.82, 2.24) is 0 Å². The number of hydrogen-bond donors (Lipinski definition) is 1. The fourth-order valence-electron chi connectivity index (χ4n) is 6.02. The van der Waals surface area contributed by atoms with Crippen LogP contribution in [0.3, 0.4) is 0 Å². The van der Waals surface area contributed by atoms with Crippen molar-refractivity contribution >= 4 is 16.5 Å². The lowest BCUT2D eigenvalue weighted by molar-refractivity contribution is -0.0226. The molecule has 5 rings (SSSR count). The highest BCUT2D eigenvalue weighted by Gasteiger charge is 2.54. The van der Waals surface area contributed by atoms with Crippen LogP contribution in [0, 0.1) is 17.3 Å². The minimum absolute atomic E-state index is 0.0749. The predicted octanol–water partition coefficient (Wildman–Crippen LogP) is 2.96. The van der Waals surface area contributed by atoms with Crippen LogP contribution >= 0.6 is 0 Å². The van der Waals surface area contributed by atoms with Gasteiger partial charge in [0.2, 0.25) is 0 Å². The van der Waals surface area contributed by atoms with Crippen LogP contribution in [0.4, 0.5) is 0 Å². The molecule has 134 valence electrons. The van der Waals surface area contributed by atoms with E-state index >= 15 is 0 Å². The minimum atomic E-state index is -3.83. The molecule has 0 saturated heterocycles. The van der Waals surface area contributed by atoms with E-state index in [1.54, 1.807) is 0 Å². The largest absolute Gasteiger partial charge is 0.428 e. The highest BCUT2D eigenvalue weighted by atomic mass is 32.2. The van der Waals surface area contributed by atoms with Gasteiger partial charge >= 0.3 is 10.3 Å². The molecule has 3 aliphatic carbocycles. The molecule has 0 aromatic heterocycles. The van der Waals surface area contributed by atoms with Crippen molar-refractivity contribution in [3.05, 3.63) is 28.8 Å². The molecule has 0 bridgehead atoms. The summed E-state index contributed by atoms with van der Waals surface area (Å²) in [5.74, 6) is 2.12. The second-order valence-corrected chi connectivity index (χ2v) is 9.62. The molecule has 1 aromatic carbocycles. The number of benzene rings is 1. The van der Waals surface area contributed by atoms with E-state index in [1.807, 2.05) is 6.07 Å². The molecule has 2 fully saturated rings. The summed E-state index contributed by atoms with van der Waals surface area (Å²) >= 11 is 0. The van der Waals surface area contributed by atoms with Crippen LogP contribution in [0.2, 0.25) is 0 Å². The Morgan fingerprint density at radius 3 is 2.92 bits per heavy atom. The van der Waals surface area contributed by atoms with Crippen LogP contribution in [-0.2, 0) is 16.7 Å². The Bertz CT molecular complexity index is 878. The van der Waals surface area contributed by atoms with Crippen LogP contribution in [0.5, 0.6) is 5.75 Å². The molecule has 1 aliphatic heterocycles. The lowest BCUT2D eigenvalue weighted by Crippen LogP contribution is -2.44. The number of aliphatic hydroxyl groups is 1. The van der Waals surface area contributed by atoms with Gasteiger partial charge in [-0.25, -0.2) is 0 Å². The summed E-state index contributed by atoms with van der Waals surface area (Å²) in [5, 5.41) is 10.5. The van der Waals surface area contributed by atoms with Gasteiger partial charge in [0.15, 0.2) is 5.75 Å². The number of aryl methyl sites for hydroxylation is 1. The first kappa shape index (κ1) is 15.8. The highest BCUT2D eigenvalue weighted by Crippen LogP contribution is 2.61. The molecular formula is C19H23NO4S. The van der Waals surface area contributed by atoms with Gasteiger partial charge in [-0.05, 0) is 85.0 Å². The van der Waals surface area contributed by atoms with Crippen LogP contribution in [0.15, 0.2) is 16.5 Å². The van der Waals surface area contributed by atoms with Crippen molar-refractivity contribution in [2.75, 3.05) is 0 Å². The standard InChI is InChI=1S/C19H23NO4S/c1-19-7-6-13-14(16(19)4-5-18(19)21)3-2-11-9-17-12(8-15(11)13)10-20-25(22,23)24-17/h8-10,13-14,16,18,21H,2-7H2,1H3/t13-,14+,16-,18-,19-/m0/s1. The van der Waals surface area contributed by atoms with E-state index in [-0.39, 0.29) is 11.5 Å². The second kappa shape index (κ2) is 5.07. The third-order valence-corrected chi connectivity index (χ3v) is 8.07. The topological polar surface area (TPSA) is 76.0 Å². The average molecular weight is 361 g/mol. The van der Waals surface area contributed by atoms with Gasteiger partial charge in [0.05, 0.1) is 12.3 Å². The lowest BCUT2D eigenvalue weighted by Gasteiger charge is -2.50. The first-order valence-electron chi connectivity index (χ1n) is 9.22. The van der Waals surface area contributed by atoms with Gasteiger partial charge in [0.1, 0.15) is 0 Å². The molecule has 6 heteroatoms. The number of fused-ring (bicyclic) bond motifs is 6. The maximum atomic E-state index is 11.6. The highest BCUT2D eigenvalue weighted by molar-refractivity contribution is 7.86. The maximum absolute atomic E-state index is 11.6. The van der Waals surface area contributed by atoms with E-state index in [0.717, 1.165) is 44.1 Å². The molecule has 2 saturated carbocycles. The van der Waals surface area contributed by atoms with Gasteiger partial charge in [0, 0.05) is 5.56 Å². The first-order valence-corrected chi connectivity index (χ1v) is 10.6. The van der Waals surface area contributed by atoms with Gasteiger partial charge in [-0.1, -0.05) is 6.92 Å². The summed E-state index contributed by atoms with van der Waals surface area (Å²) in [6.07, 6.45) is 7.53. The van der Waals surface area contributed by atoms with Crippen LogP contribution < -0.4 is 4.18 Å². The molecule has 25 heavy (non-hydrogen) atoms. The fraction of sp³-hybridized carbons (Fsp3) is 0.632. The van der Waals surface area contributed by atoms with Crippen LogP contribution in [0.25, 0.3) is 0 Å². The van der Waals surface area contributed by atoms with Gasteiger partial charge in [-0.3, -0.25) is 0 Å². The second-order valence-electron chi connectivity index (χ2n) is 8.39.